The van der Waals surface area contributed by atoms with Crippen molar-refractivity contribution in [2.24, 2.45) is 17.8 Å². The van der Waals surface area contributed by atoms with Gasteiger partial charge in [-0.05, 0) is 81.7 Å². The number of aliphatic hydroxyl groups is 2. The molecule has 12 heteroatoms. The summed E-state index contributed by atoms with van der Waals surface area (Å²) in [5.41, 5.74) is 3.25. The van der Waals surface area contributed by atoms with E-state index < -0.39 is 36.4 Å². The topological polar surface area (TPSA) is 134 Å². The highest BCUT2D eigenvalue weighted by Gasteiger charge is 2.56. The summed E-state index contributed by atoms with van der Waals surface area (Å²) < 4.78 is 21.9. The number of H-pyrrole nitrogens is 1. The van der Waals surface area contributed by atoms with E-state index in [9.17, 15) is 20.3 Å². The fourth-order valence-corrected chi connectivity index (χ4v) is 8.54. The number of pyridine rings is 1. The van der Waals surface area contributed by atoms with Crippen molar-refractivity contribution in [1.29, 1.82) is 5.26 Å². The number of aromatic nitrogens is 2. The Kier molecular flexibility index (Phi) is 8.14. The number of halogens is 3. The molecule has 48 heavy (non-hydrogen) atoms. The van der Waals surface area contributed by atoms with Crippen molar-refractivity contribution in [1.82, 2.24) is 20.2 Å². The Morgan fingerprint density at radius 2 is 1.96 bits per heavy atom. The van der Waals surface area contributed by atoms with Crippen molar-refractivity contribution in [3.8, 4) is 17.2 Å². The van der Waals surface area contributed by atoms with Crippen LogP contribution in [0.5, 0.6) is 0 Å². The smallest absolute Gasteiger partial charge is 0.226 e. The number of amides is 1. The number of ether oxygens (including phenoxy) is 1. The van der Waals surface area contributed by atoms with E-state index in [0.29, 0.717) is 39.8 Å². The molecule has 0 spiro atoms. The van der Waals surface area contributed by atoms with Gasteiger partial charge in [-0.25, -0.2) is 9.37 Å². The number of aryl methyl sites for hydroxylation is 2. The monoisotopic (exact) mass is 691 g/mol. The minimum absolute atomic E-state index is 0.0597. The first kappa shape index (κ1) is 31.9. The van der Waals surface area contributed by atoms with Crippen LogP contribution in [0.3, 0.4) is 0 Å². The predicted octanol–water partition coefficient (Wildman–Crippen LogP) is 6.30. The van der Waals surface area contributed by atoms with Crippen LogP contribution in [0.2, 0.25) is 10.0 Å². The Morgan fingerprint density at radius 3 is 2.62 bits per heavy atom. The quantitative estimate of drug-likeness (QED) is 0.193. The van der Waals surface area contributed by atoms with E-state index in [-0.39, 0.29) is 45.8 Å². The molecule has 2 aromatic carbocycles. The average Bonchev–Trinajstić information content (AvgIpc) is 3.39. The van der Waals surface area contributed by atoms with Gasteiger partial charge in [-0.15, -0.1) is 0 Å². The van der Waals surface area contributed by atoms with Crippen molar-refractivity contribution in [2.45, 2.75) is 82.6 Å². The number of aromatic amines is 1. The lowest BCUT2D eigenvalue weighted by atomic mass is 9.87. The largest absolute Gasteiger partial charge is 0.368 e. The molecule has 5 unspecified atom stereocenters. The molecule has 9 nitrogen and oxygen atoms in total. The van der Waals surface area contributed by atoms with Crippen LogP contribution in [-0.4, -0.2) is 62.2 Å². The molecule has 2 aromatic heterocycles. The average molecular weight is 693 g/mol. The van der Waals surface area contributed by atoms with E-state index in [1.807, 2.05) is 12.1 Å². The molecular formula is C36H36Cl2FN5O4. The van der Waals surface area contributed by atoms with Gasteiger partial charge in [-0.1, -0.05) is 35.3 Å². The number of aliphatic hydroxyl groups excluding tert-OH is 2. The minimum Gasteiger partial charge on any atom is -0.368 e. The van der Waals surface area contributed by atoms with Gasteiger partial charge in [0.15, 0.2) is 18.4 Å². The Labute approximate surface area is 287 Å². The molecule has 2 aliphatic carbocycles. The highest BCUT2D eigenvalue weighted by molar-refractivity contribution is 6.43. The fraction of sp³-hybridized carbons (Fsp3) is 0.472. The number of rotatable bonds is 5. The van der Waals surface area contributed by atoms with Crippen LogP contribution in [0.1, 0.15) is 61.5 Å². The van der Waals surface area contributed by atoms with Crippen LogP contribution in [0.4, 0.5) is 4.39 Å². The lowest BCUT2D eigenvalue weighted by molar-refractivity contribution is -0.253. The maximum atomic E-state index is 16.5. The van der Waals surface area contributed by atoms with Crippen molar-refractivity contribution < 1.29 is 24.1 Å². The van der Waals surface area contributed by atoms with Crippen LogP contribution < -0.4 is 5.32 Å². The normalized spacial score (nSPS) is 28.7. The summed E-state index contributed by atoms with van der Waals surface area (Å²) in [6, 6.07) is 10.7. The van der Waals surface area contributed by atoms with E-state index in [2.05, 4.69) is 21.4 Å². The highest BCUT2D eigenvalue weighted by Crippen LogP contribution is 2.51. The van der Waals surface area contributed by atoms with Crippen LogP contribution in [0.15, 0.2) is 30.3 Å². The Morgan fingerprint density at radius 1 is 1.17 bits per heavy atom. The molecule has 4 saturated heterocycles. The van der Waals surface area contributed by atoms with E-state index in [1.165, 1.54) is 19.4 Å². The van der Waals surface area contributed by atoms with Gasteiger partial charge in [-0.3, -0.25) is 4.79 Å². The van der Waals surface area contributed by atoms with Gasteiger partial charge < -0.3 is 30.2 Å². The summed E-state index contributed by atoms with van der Waals surface area (Å²) in [5.74, 6) is -0.100. The number of likely N-dealkylation sites (tertiary alicyclic amines) is 1. The highest BCUT2D eigenvalue weighted by atomic mass is 35.5. The molecule has 4 aromatic rings. The summed E-state index contributed by atoms with van der Waals surface area (Å²) in [7, 11) is 0. The first-order chi connectivity index (χ1) is 23.1. The molecule has 1 amide bonds. The predicted molar refractivity (Wildman–Crippen MR) is 180 cm³/mol. The van der Waals surface area contributed by atoms with Crippen molar-refractivity contribution in [3.05, 3.63) is 63.1 Å². The molecule has 2 saturated carbocycles. The van der Waals surface area contributed by atoms with Gasteiger partial charge in [-0.2, -0.15) is 5.26 Å². The Bertz CT molecular complexity index is 1970. The van der Waals surface area contributed by atoms with E-state index >= 15 is 4.39 Å². The molecule has 6 fully saturated rings. The van der Waals surface area contributed by atoms with Gasteiger partial charge in [0.1, 0.15) is 5.52 Å². The molecule has 10 rings (SSSR count). The zero-order chi connectivity index (χ0) is 33.4. The zero-order valence-electron chi connectivity index (χ0n) is 26.3. The molecule has 4 N–H and O–H groups in total. The zero-order valence-corrected chi connectivity index (χ0v) is 27.9. The second-order valence-electron chi connectivity index (χ2n) is 13.9. The number of hydrogen-bond acceptors (Lipinski definition) is 7. The lowest BCUT2D eigenvalue weighted by Gasteiger charge is -2.31. The van der Waals surface area contributed by atoms with E-state index in [0.717, 1.165) is 30.2 Å². The second kappa shape index (κ2) is 12.2. The number of nitrogens with one attached hydrogen (secondary N) is 2. The number of carbonyl (C=O) groups is 1. The Balaban J connectivity index is 0.000000499. The van der Waals surface area contributed by atoms with E-state index in [1.54, 1.807) is 30.0 Å². The maximum Gasteiger partial charge on any atom is 0.226 e. The first-order valence-electron chi connectivity index (χ1n) is 16.7. The van der Waals surface area contributed by atoms with Crippen LogP contribution in [0, 0.1) is 41.8 Å². The number of benzene rings is 2. The van der Waals surface area contributed by atoms with Crippen molar-refractivity contribution >= 4 is 50.9 Å². The fourth-order valence-electron chi connectivity index (χ4n) is 8.15. The summed E-state index contributed by atoms with van der Waals surface area (Å²) >= 11 is 12.8. The van der Waals surface area contributed by atoms with Crippen LogP contribution >= 0.6 is 23.2 Å². The molecule has 5 atom stereocenters. The molecule has 4 bridgehead atoms. The number of carbonyl (C=O) groups excluding carboxylic acids is 1. The summed E-state index contributed by atoms with van der Waals surface area (Å²) in [6.07, 6.45) is 2.84. The Hall–Kier alpha value is -3.30. The number of nitrogens with zero attached hydrogens (tertiary/aromatic N) is 3. The van der Waals surface area contributed by atoms with Gasteiger partial charge in [0.2, 0.25) is 5.91 Å². The standard InChI is InChI=1S/C31H27Cl2FN4O4.C5H9N/c1-13-17-11-21(28-19-12-22(31(41)42-30(19)40)38(28)29(39)14-7-8-14)37-26(17)18-10-15(4-3-9-35)23(25(34)27(18)36-13)16-5-2-6-20(32)24(16)33;1-4-2-5(1)6-3-4/h2,5-6,10-11,14,19,22,28,30-31,37,40-41H,3-4,7-8,12H2,1H3;4-6H,1-3H2. The molecule has 250 valence electrons. The molecular weight excluding hydrogens is 656 g/mol. The van der Waals surface area contributed by atoms with E-state index in [4.69, 9.17) is 27.9 Å². The van der Waals surface area contributed by atoms with Gasteiger partial charge in [0.25, 0.3) is 0 Å². The third-order valence-corrected chi connectivity index (χ3v) is 11.6. The number of fused-ring (bicyclic) bond motifs is 6. The summed E-state index contributed by atoms with van der Waals surface area (Å²) in [6.45, 7) is 3.10. The molecule has 4 aliphatic heterocycles. The van der Waals surface area contributed by atoms with Gasteiger partial charge >= 0.3 is 0 Å². The summed E-state index contributed by atoms with van der Waals surface area (Å²) in [5, 5.41) is 35.8. The van der Waals surface area contributed by atoms with Crippen LogP contribution in [0.25, 0.3) is 32.9 Å². The molecule has 6 aliphatic rings. The SMILES string of the molecule is C1NC2CC1C2.Cc1nc2c(F)c(-c3cccc(Cl)c3Cl)c(CCC#N)cc2c2[nH]c(C3C4CC(C(O)OC4O)N3C(=O)C3CC3)cc12. The summed E-state index contributed by atoms with van der Waals surface area (Å²) in [4.78, 5) is 23.2. The number of hydrogen-bond donors (Lipinski definition) is 4. The van der Waals surface area contributed by atoms with Crippen LogP contribution in [-0.2, 0) is 16.0 Å². The van der Waals surface area contributed by atoms with Crippen molar-refractivity contribution in [2.75, 3.05) is 6.54 Å². The first-order valence-corrected chi connectivity index (χ1v) is 17.4. The van der Waals surface area contributed by atoms with Crippen molar-refractivity contribution in [3.63, 3.8) is 0 Å². The third kappa shape index (κ3) is 5.27. The molecule has 6 heterocycles. The third-order valence-electron chi connectivity index (χ3n) is 10.8. The second-order valence-corrected chi connectivity index (χ2v) is 14.7. The minimum atomic E-state index is -1.29. The number of nitriles is 1. The van der Waals surface area contributed by atoms with Gasteiger partial charge in [0, 0.05) is 57.6 Å². The molecule has 0 radical (unpaired) electrons. The van der Waals surface area contributed by atoms with Gasteiger partial charge in [0.05, 0.1) is 33.7 Å². The maximum absolute atomic E-state index is 16.5. The lowest BCUT2D eigenvalue weighted by Crippen LogP contribution is -2.46.